The average molecular weight is 315 g/mol. The maximum Gasteiger partial charge on any atom is 0.254 e. The highest BCUT2D eigenvalue weighted by Crippen LogP contribution is 2.23. The maximum atomic E-state index is 5.92. The van der Waals surface area contributed by atoms with Crippen LogP contribution in [0.1, 0.15) is 17.0 Å². The van der Waals surface area contributed by atoms with Gasteiger partial charge in [0, 0.05) is 10.6 Å². The van der Waals surface area contributed by atoms with Crippen LogP contribution in [0.2, 0.25) is 5.02 Å². The number of halogens is 1. The molecule has 0 radical (unpaired) electrons. The molecule has 3 rings (SSSR count). The number of hydrogen-bond acceptors (Lipinski definition) is 4. The van der Waals surface area contributed by atoms with E-state index in [0.717, 1.165) is 16.9 Å². The topological polar surface area (TPSA) is 48.2 Å². The first-order valence-corrected chi connectivity index (χ1v) is 7.28. The van der Waals surface area contributed by atoms with E-state index < -0.39 is 0 Å². The average Bonchev–Trinajstić information content (AvgIpc) is 2.96. The van der Waals surface area contributed by atoms with Gasteiger partial charge < -0.3 is 9.15 Å². The highest BCUT2D eigenvalue weighted by Gasteiger charge is 2.09. The molecule has 0 aliphatic heterocycles. The van der Waals surface area contributed by atoms with Crippen LogP contribution in [0.25, 0.3) is 11.5 Å². The van der Waals surface area contributed by atoms with Gasteiger partial charge in [0.2, 0.25) is 5.89 Å². The van der Waals surface area contributed by atoms with Crippen molar-refractivity contribution in [2.45, 2.75) is 20.5 Å². The summed E-state index contributed by atoms with van der Waals surface area (Å²) in [5.74, 6) is 1.68. The number of benzene rings is 2. The standard InChI is InChI=1S/C17H15ClN2O2/c1-11-3-5-13(6-4-11)17-20-19-16(22-17)10-21-15-8-7-14(18)9-12(15)2/h3-9H,10H2,1-2H3. The predicted octanol–water partition coefficient (Wildman–Crippen LogP) is 4.59. The van der Waals surface area contributed by atoms with Crippen molar-refractivity contribution >= 4 is 11.6 Å². The fourth-order valence-electron chi connectivity index (χ4n) is 2.04. The monoisotopic (exact) mass is 314 g/mol. The molecule has 0 bridgehead atoms. The van der Waals surface area contributed by atoms with Gasteiger partial charge in [-0.1, -0.05) is 29.3 Å². The molecule has 3 aromatic rings. The molecule has 0 saturated carbocycles. The summed E-state index contributed by atoms with van der Waals surface area (Å²) in [4.78, 5) is 0. The van der Waals surface area contributed by atoms with Crippen molar-refractivity contribution in [3.8, 4) is 17.2 Å². The van der Waals surface area contributed by atoms with Gasteiger partial charge in [-0.3, -0.25) is 0 Å². The van der Waals surface area contributed by atoms with Crippen molar-refractivity contribution in [1.29, 1.82) is 0 Å². The van der Waals surface area contributed by atoms with E-state index in [1.807, 2.05) is 50.2 Å². The summed E-state index contributed by atoms with van der Waals surface area (Å²) in [6.45, 7) is 4.19. The first kappa shape index (κ1) is 14.6. The third-order valence-corrected chi connectivity index (χ3v) is 3.49. The van der Waals surface area contributed by atoms with Crippen LogP contribution in [0.15, 0.2) is 46.9 Å². The number of aryl methyl sites for hydroxylation is 2. The second-order valence-electron chi connectivity index (χ2n) is 5.07. The Bertz CT molecular complexity index is 782. The van der Waals surface area contributed by atoms with Gasteiger partial charge in [-0.05, 0) is 49.7 Å². The summed E-state index contributed by atoms with van der Waals surface area (Å²) in [6.07, 6.45) is 0. The first-order valence-electron chi connectivity index (χ1n) is 6.90. The lowest BCUT2D eigenvalue weighted by Gasteiger charge is -2.06. The van der Waals surface area contributed by atoms with Crippen molar-refractivity contribution in [2.24, 2.45) is 0 Å². The van der Waals surface area contributed by atoms with Crippen LogP contribution < -0.4 is 4.74 Å². The van der Waals surface area contributed by atoms with Gasteiger partial charge in [0.05, 0.1) is 0 Å². The van der Waals surface area contributed by atoms with E-state index >= 15 is 0 Å². The third-order valence-electron chi connectivity index (χ3n) is 3.25. The van der Waals surface area contributed by atoms with Gasteiger partial charge in [0.25, 0.3) is 5.89 Å². The Hall–Kier alpha value is -2.33. The summed E-state index contributed by atoms with van der Waals surface area (Å²) in [7, 11) is 0. The molecule has 0 spiro atoms. The SMILES string of the molecule is Cc1ccc(-c2nnc(COc3ccc(Cl)cc3C)o2)cc1. The summed E-state index contributed by atoms with van der Waals surface area (Å²) in [5, 5.41) is 8.74. The number of rotatable bonds is 4. The van der Waals surface area contributed by atoms with E-state index in [1.165, 1.54) is 5.56 Å². The maximum absolute atomic E-state index is 5.92. The molecule has 0 aliphatic carbocycles. The highest BCUT2D eigenvalue weighted by atomic mass is 35.5. The minimum Gasteiger partial charge on any atom is -0.484 e. The largest absolute Gasteiger partial charge is 0.484 e. The minimum atomic E-state index is 0.224. The van der Waals surface area contributed by atoms with Crippen LogP contribution in [0.3, 0.4) is 0 Å². The Balaban J connectivity index is 1.70. The Morgan fingerprint density at radius 1 is 1.05 bits per heavy atom. The van der Waals surface area contributed by atoms with Crippen molar-refractivity contribution in [3.05, 3.63) is 64.5 Å². The zero-order valence-corrected chi connectivity index (χ0v) is 13.1. The van der Waals surface area contributed by atoms with E-state index in [-0.39, 0.29) is 6.61 Å². The number of nitrogens with zero attached hydrogens (tertiary/aromatic N) is 2. The molecule has 1 aromatic heterocycles. The van der Waals surface area contributed by atoms with Crippen molar-refractivity contribution in [3.63, 3.8) is 0 Å². The van der Waals surface area contributed by atoms with Gasteiger partial charge in [0.1, 0.15) is 5.75 Å². The molecule has 0 fully saturated rings. The molecule has 0 atom stereocenters. The fourth-order valence-corrected chi connectivity index (χ4v) is 2.27. The predicted molar refractivity (Wildman–Crippen MR) is 85.0 cm³/mol. The summed E-state index contributed by atoms with van der Waals surface area (Å²) in [5.41, 5.74) is 3.04. The summed E-state index contributed by atoms with van der Waals surface area (Å²) < 4.78 is 11.3. The van der Waals surface area contributed by atoms with Crippen LogP contribution in [0.4, 0.5) is 0 Å². The van der Waals surface area contributed by atoms with E-state index in [0.29, 0.717) is 16.8 Å². The molecular formula is C17H15ClN2O2. The Kier molecular flexibility index (Phi) is 4.11. The van der Waals surface area contributed by atoms with E-state index in [1.54, 1.807) is 6.07 Å². The molecule has 1 heterocycles. The molecule has 112 valence electrons. The van der Waals surface area contributed by atoms with Crippen LogP contribution >= 0.6 is 11.6 Å². The molecule has 0 aliphatic rings. The molecule has 4 nitrogen and oxygen atoms in total. The third kappa shape index (κ3) is 3.28. The van der Waals surface area contributed by atoms with Crippen LogP contribution in [0.5, 0.6) is 5.75 Å². The molecular weight excluding hydrogens is 300 g/mol. The zero-order chi connectivity index (χ0) is 15.5. The fraction of sp³-hybridized carbons (Fsp3) is 0.176. The van der Waals surface area contributed by atoms with E-state index in [9.17, 15) is 0 Å². The molecule has 0 saturated heterocycles. The lowest BCUT2D eigenvalue weighted by Crippen LogP contribution is -1.97. The number of aromatic nitrogens is 2. The molecule has 0 unspecified atom stereocenters. The van der Waals surface area contributed by atoms with Gasteiger partial charge in [-0.15, -0.1) is 10.2 Å². The van der Waals surface area contributed by atoms with Crippen LogP contribution in [-0.2, 0) is 6.61 Å². The minimum absolute atomic E-state index is 0.224. The van der Waals surface area contributed by atoms with Crippen molar-refractivity contribution < 1.29 is 9.15 Å². The van der Waals surface area contributed by atoms with E-state index in [4.69, 9.17) is 20.8 Å². The summed E-state index contributed by atoms with van der Waals surface area (Å²) in [6, 6.07) is 13.4. The smallest absolute Gasteiger partial charge is 0.254 e. The number of hydrogen-bond donors (Lipinski definition) is 0. The lowest BCUT2D eigenvalue weighted by molar-refractivity contribution is 0.263. The van der Waals surface area contributed by atoms with E-state index in [2.05, 4.69) is 10.2 Å². The van der Waals surface area contributed by atoms with Crippen LogP contribution in [0, 0.1) is 13.8 Å². The summed E-state index contributed by atoms with van der Waals surface area (Å²) >= 11 is 5.92. The molecule has 5 heteroatoms. The molecule has 0 amide bonds. The Morgan fingerprint density at radius 2 is 1.82 bits per heavy atom. The second kappa shape index (κ2) is 6.20. The molecule has 0 N–H and O–H groups in total. The zero-order valence-electron chi connectivity index (χ0n) is 12.3. The van der Waals surface area contributed by atoms with Crippen molar-refractivity contribution in [1.82, 2.24) is 10.2 Å². The van der Waals surface area contributed by atoms with Crippen LogP contribution in [-0.4, -0.2) is 10.2 Å². The first-order chi connectivity index (χ1) is 10.6. The van der Waals surface area contributed by atoms with Gasteiger partial charge in [-0.2, -0.15) is 0 Å². The second-order valence-corrected chi connectivity index (χ2v) is 5.50. The molecule has 2 aromatic carbocycles. The Labute approximate surface area is 133 Å². The van der Waals surface area contributed by atoms with Crippen molar-refractivity contribution in [2.75, 3.05) is 0 Å². The highest BCUT2D eigenvalue weighted by molar-refractivity contribution is 6.30. The molecule has 22 heavy (non-hydrogen) atoms. The Morgan fingerprint density at radius 3 is 2.55 bits per heavy atom. The van der Waals surface area contributed by atoms with Gasteiger partial charge in [-0.25, -0.2) is 0 Å². The quantitative estimate of drug-likeness (QED) is 0.707. The van der Waals surface area contributed by atoms with Gasteiger partial charge in [0.15, 0.2) is 6.61 Å². The van der Waals surface area contributed by atoms with Gasteiger partial charge >= 0.3 is 0 Å². The normalized spacial score (nSPS) is 10.7. The lowest BCUT2D eigenvalue weighted by atomic mass is 10.1. The number of ether oxygens (including phenoxy) is 1.